The van der Waals surface area contributed by atoms with Gasteiger partial charge >= 0.3 is 23.9 Å². The lowest BCUT2D eigenvalue weighted by Crippen LogP contribution is -2.37. The number of aliphatic carboxylic acids is 3. The van der Waals surface area contributed by atoms with Crippen LogP contribution in [0.15, 0.2) is 12.8 Å². The lowest BCUT2D eigenvalue weighted by atomic mass is 10.0. The Balaban J connectivity index is 1.61. The van der Waals surface area contributed by atoms with Crippen LogP contribution < -0.4 is 16.2 Å². The number of rotatable bonds is 20. The first kappa shape index (κ1) is 41.2. The Kier molecular flexibility index (Phi) is 13.7. The number of hydroxylamine groups is 1. The van der Waals surface area contributed by atoms with Gasteiger partial charge in [-0.15, -0.1) is 0 Å². The average molecular weight is 746 g/mol. The summed E-state index contributed by atoms with van der Waals surface area (Å²) in [5.74, 6) is -4.26. The normalized spacial score (nSPS) is 13.0. The molecule has 14 nitrogen and oxygen atoms in total. The highest BCUT2D eigenvalue weighted by atomic mass is 16.6. The van der Waals surface area contributed by atoms with Gasteiger partial charge in [0, 0.05) is 65.7 Å². The van der Waals surface area contributed by atoms with Crippen molar-refractivity contribution < 1.29 is 44.4 Å². The first-order chi connectivity index (χ1) is 25.6. The smallest absolute Gasteiger partial charge is 0.338 e. The van der Waals surface area contributed by atoms with Gasteiger partial charge in [-0.3, -0.25) is 14.4 Å². The molecule has 0 fully saturated rings. The van der Waals surface area contributed by atoms with E-state index in [9.17, 15) is 29.4 Å². The fourth-order valence-electron chi connectivity index (χ4n) is 6.90. The van der Waals surface area contributed by atoms with Crippen molar-refractivity contribution in [3.05, 3.63) is 96.5 Å². The van der Waals surface area contributed by atoms with E-state index in [2.05, 4.69) is 52.8 Å². The van der Waals surface area contributed by atoms with Gasteiger partial charge in [-0.05, 0) is 111 Å². The molecule has 290 valence electrons. The van der Waals surface area contributed by atoms with Crippen LogP contribution in [0.2, 0.25) is 0 Å². The number of hydrogen-bond donors (Lipinski definition) is 9. The summed E-state index contributed by atoms with van der Waals surface area (Å²) in [6.45, 7) is 15.9. The molecule has 0 aliphatic rings. The lowest BCUT2D eigenvalue weighted by molar-refractivity contribution is -0.145. The molecule has 0 spiro atoms. The summed E-state index contributed by atoms with van der Waals surface area (Å²) in [6.07, 6.45) is 7.97. The van der Waals surface area contributed by atoms with Crippen molar-refractivity contribution >= 4 is 41.6 Å². The second kappa shape index (κ2) is 18.0. The van der Waals surface area contributed by atoms with Crippen molar-refractivity contribution in [1.29, 1.82) is 0 Å². The summed E-state index contributed by atoms with van der Waals surface area (Å²) in [6, 6.07) is -1.20. The second-order valence-corrected chi connectivity index (χ2v) is 13.6. The van der Waals surface area contributed by atoms with E-state index in [-0.39, 0.29) is 37.9 Å². The molecular weight excluding hydrogens is 694 g/mol. The highest BCUT2D eigenvalue weighted by Crippen LogP contribution is 2.28. The average Bonchev–Trinajstić information content (AvgIpc) is 3.81. The zero-order chi connectivity index (χ0) is 39.9. The van der Waals surface area contributed by atoms with E-state index < -0.39 is 29.9 Å². The molecular formula is C40H51N5O9. The molecule has 0 radical (unpaired) electrons. The van der Waals surface area contributed by atoms with Gasteiger partial charge in [0.2, 0.25) is 0 Å². The zero-order valence-corrected chi connectivity index (χ0v) is 31.7. The van der Waals surface area contributed by atoms with E-state index in [0.717, 1.165) is 68.3 Å². The van der Waals surface area contributed by atoms with E-state index in [1.807, 2.05) is 25.3 Å². The third-order valence-corrected chi connectivity index (χ3v) is 10.2. The zero-order valence-electron chi connectivity index (χ0n) is 31.7. The van der Waals surface area contributed by atoms with Crippen LogP contribution in [0.5, 0.6) is 0 Å². The van der Waals surface area contributed by atoms with Gasteiger partial charge in [0.05, 0.1) is 17.5 Å². The summed E-state index contributed by atoms with van der Waals surface area (Å²) in [5, 5.41) is 38.6. The van der Waals surface area contributed by atoms with E-state index in [0.29, 0.717) is 41.1 Å². The maximum absolute atomic E-state index is 12.5. The van der Waals surface area contributed by atoms with E-state index in [1.54, 1.807) is 13.8 Å². The molecule has 1 unspecified atom stereocenters. The summed E-state index contributed by atoms with van der Waals surface area (Å²) in [7, 11) is 0. The monoisotopic (exact) mass is 745 g/mol. The van der Waals surface area contributed by atoms with Gasteiger partial charge in [-0.1, -0.05) is 19.6 Å². The Morgan fingerprint density at radius 1 is 0.852 bits per heavy atom. The molecule has 0 aliphatic heterocycles. The minimum Gasteiger partial charge on any atom is -0.481 e. The van der Waals surface area contributed by atoms with E-state index in [1.165, 1.54) is 0 Å². The van der Waals surface area contributed by atoms with Crippen molar-refractivity contribution in [2.45, 2.75) is 99.0 Å². The predicted molar refractivity (Wildman–Crippen MR) is 204 cm³/mol. The van der Waals surface area contributed by atoms with Crippen molar-refractivity contribution in [2.24, 2.45) is 0 Å². The first-order valence-electron chi connectivity index (χ1n) is 17.9. The molecule has 0 amide bonds. The molecule has 0 saturated carbocycles. The van der Waals surface area contributed by atoms with E-state index in [4.69, 9.17) is 15.1 Å². The van der Waals surface area contributed by atoms with Crippen LogP contribution in [-0.4, -0.2) is 76.9 Å². The fourth-order valence-corrected chi connectivity index (χ4v) is 6.90. The largest absolute Gasteiger partial charge is 0.481 e. The number of H-pyrrole nitrogens is 4. The van der Waals surface area contributed by atoms with Crippen molar-refractivity contribution in [1.82, 2.24) is 25.4 Å². The van der Waals surface area contributed by atoms with Gasteiger partial charge in [0.15, 0.2) is 0 Å². The number of carboxylic acids is 4. The Hall–Kier alpha value is -5.60. The summed E-state index contributed by atoms with van der Waals surface area (Å²) >= 11 is 0. The van der Waals surface area contributed by atoms with Crippen LogP contribution in [0.3, 0.4) is 0 Å². The summed E-state index contributed by atoms with van der Waals surface area (Å²) in [4.78, 5) is 65.1. The standard InChI is InChI=1S/C40H51N5O9/c1-8-26-22(5)30(16-29-21(4)25(19-41-29)10-12-35(46)47)42-33(26)17-31-23(6)27(9-2)34(43-31)18-32-24(7)37(40(52)53)38(44-32)20(3)14-15-54-45-28(39(50)51)11-13-36(48)49/h8,18-19,28,41-45H,1,9-17H2,2-7H3,(H,46,47)(H,48,49)(H,50,51)(H,52,53). The van der Waals surface area contributed by atoms with Gasteiger partial charge in [-0.2, -0.15) is 5.48 Å². The number of aromatic amines is 4. The third-order valence-electron chi connectivity index (χ3n) is 10.2. The highest BCUT2D eigenvalue weighted by molar-refractivity contribution is 5.90. The molecule has 0 aliphatic carbocycles. The van der Waals surface area contributed by atoms with Crippen LogP contribution in [-0.2, 0) is 44.9 Å². The number of aryl methyl sites for hydroxylation is 1. The van der Waals surface area contributed by atoms with Gasteiger partial charge in [0.25, 0.3) is 0 Å². The molecule has 0 saturated heterocycles. The van der Waals surface area contributed by atoms with Crippen LogP contribution in [0, 0.1) is 27.7 Å². The first-order valence-corrected chi connectivity index (χ1v) is 17.9. The van der Waals surface area contributed by atoms with Crippen molar-refractivity contribution in [3.8, 4) is 0 Å². The fraction of sp³-hybridized carbons (Fsp3) is 0.400. The van der Waals surface area contributed by atoms with Crippen LogP contribution >= 0.6 is 0 Å². The SMILES string of the molecule is C=Cc1c(Cc2[nH]c(C=c3[nH]c(=C(C)CCONC(CCC(=O)O)C(=O)O)c(C(=O)O)c3C)c(CC)c2C)[nH]c(Cc2[nH]cc(CCC(=O)O)c2C)c1C. The minimum absolute atomic E-state index is 0.0308. The van der Waals surface area contributed by atoms with Gasteiger partial charge in [-0.25, -0.2) is 4.79 Å². The molecule has 4 rings (SSSR count). The third kappa shape index (κ3) is 9.49. The summed E-state index contributed by atoms with van der Waals surface area (Å²) in [5.41, 5.74) is 15.1. The molecule has 9 N–H and O–H groups in total. The molecule has 4 aromatic rings. The number of aromatic nitrogens is 4. The molecule has 4 heterocycles. The van der Waals surface area contributed by atoms with Crippen LogP contribution in [0.4, 0.5) is 0 Å². The molecule has 1 atom stereocenters. The maximum Gasteiger partial charge on any atom is 0.338 e. The minimum atomic E-state index is -1.23. The predicted octanol–water partition coefficient (Wildman–Crippen LogP) is 4.56. The second-order valence-electron chi connectivity index (χ2n) is 13.6. The van der Waals surface area contributed by atoms with Crippen LogP contribution in [0.25, 0.3) is 17.7 Å². The number of aromatic carboxylic acids is 1. The van der Waals surface area contributed by atoms with Gasteiger partial charge < -0.3 is 45.2 Å². The van der Waals surface area contributed by atoms with Gasteiger partial charge in [0.1, 0.15) is 6.04 Å². The number of nitrogens with one attached hydrogen (secondary N) is 5. The Bertz CT molecular complexity index is 2180. The Morgan fingerprint density at radius 2 is 1.52 bits per heavy atom. The van der Waals surface area contributed by atoms with E-state index >= 15 is 0 Å². The quantitative estimate of drug-likeness (QED) is 0.0452. The highest BCUT2D eigenvalue weighted by Gasteiger charge is 2.21. The number of carboxylic acid groups (broad SMARTS) is 4. The molecule has 14 heteroatoms. The van der Waals surface area contributed by atoms with Crippen LogP contribution in [0.1, 0.15) is 117 Å². The van der Waals surface area contributed by atoms with Crippen molar-refractivity contribution in [3.63, 3.8) is 0 Å². The summed E-state index contributed by atoms with van der Waals surface area (Å²) < 4.78 is 0. The molecule has 4 aromatic heterocycles. The Labute approximate surface area is 313 Å². The molecule has 0 aromatic carbocycles. The molecule has 0 bridgehead atoms. The number of hydrogen-bond acceptors (Lipinski definition) is 6. The number of carbonyl (C=O) groups is 4. The topological polar surface area (TPSA) is 234 Å². The molecule has 54 heavy (non-hydrogen) atoms. The van der Waals surface area contributed by atoms with Crippen molar-refractivity contribution in [2.75, 3.05) is 6.61 Å². The Morgan fingerprint density at radius 3 is 2.13 bits per heavy atom. The lowest BCUT2D eigenvalue weighted by Gasteiger charge is -2.13. The maximum atomic E-state index is 12.5.